The average Bonchev–Trinajstić information content (AvgIpc) is 2.85. The van der Waals surface area contributed by atoms with Crippen molar-refractivity contribution in [1.82, 2.24) is 10.3 Å². The molecule has 2 heterocycles. The summed E-state index contributed by atoms with van der Waals surface area (Å²) in [6, 6.07) is 2.51. The molecule has 1 aliphatic heterocycles. The van der Waals surface area contributed by atoms with Crippen molar-refractivity contribution < 1.29 is 4.74 Å². The van der Waals surface area contributed by atoms with Crippen molar-refractivity contribution >= 4 is 17.3 Å². The van der Waals surface area contributed by atoms with E-state index in [1.54, 1.807) is 7.11 Å². The highest BCUT2D eigenvalue weighted by molar-refractivity contribution is 7.10. The molecule has 5 nitrogen and oxygen atoms in total. The molecule has 0 radical (unpaired) electrons. The van der Waals surface area contributed by atoms with Gasteiger partial charge in [-0.3, -0.25) is 5.43 Å². The van der Waals surface area contributed by atoms with Gasteiger partial charge < -0.3 is 9.64 Å². The van der Waals surface area contributed by atoms with E-state index in [0.717, 1.165) is 18.9 Å². The number of nitrogens with one attached hydrogen (secondary N) is 1. The van der Waals surface area contributed by atoms with Gasteiger partial charge >= 0.3 is 0 Å². The van der Waals surface area contributed by atoms with Crippen LogP contribution in [0.5, 0.6) is 0 Å². The molecule has 100 valence electrons. The normalized spacial score (nSPS) is 19.8. The number of nitrogens with zero attached hydrogens (tertiary/aromatic N) is 2. The van der Waals surface area contributed by atoms with Gasteiger partial charge in [-0.1, -0.05) is 0 Å². The first-order valence-corrected chi connectivity index (χ1v) is 6.98. The maximum absolute atomic E-state index is 5.58. The topological polar surface area (TPSA) is 62.9 Å². The Hall–Kier alpha value is -1.11. The second-order valence-corrected chi connectivity index (χ2v) is 5.26. The second-order valence-electron chi connectivity index (χ2n) is 4.26. The summed E-state index contributed by atoms with van der Waals surface area (Å²) in [5.74, 6) is 6.33. The zero-order valence-electron chi connectivity index (χ0n) is 10.8. The average molecular weight is 268 g/mol. The quantitative estimate of drug-likeness (QED) is 0.284. The largest absolute Gasteiger partial charge is 0.383 e. The Balaban J connectivity index is 2.11. The molecule has 1 aliphatic rings. The monoisotopic (exact) mass is 268 g/mol. The van der Waals surface area contributed by atoms with Crippen molar-refractivity contribution in [3.8, 4) is 0 Å². The Bertz CT molecular complexity index is 418. The molecule has 2 rings (SSSR count). The van der Waals surface area contributed by atoms with Crippen LogP contribution in [0.25, 0.3) is 0 Å². The first-order valence-electron chi connectivity index (χ1n) is 6.10. The number of methoxy groups -OCH3 is 1. The van der Waals surface area contributed by atoms with Gasteiger partial charge in [-0.05, 0) is 30.4 Å². The molecule has 3 N–H and O–H groups in total. The van der Waals surface area contributed by atoms with Crippen LogP contribution in [0.3, 0.4) is 0 Å². The molecule has 0 fully saturated rings. The summed E-state index contributed by atoms with van der Waals surface area (Å²) < 4.78 is 5.00. The number of hydrogen-bond donors (Lipinski definition) is 2. The van der Waals surface area contributed by atoms with E-state index in [0.29, 0.717) is 19.2 Å². The minimum Gasteiger partial charge on any atom is -0.383 e. The molecule has 0 amide bonds. The molecule has 0 aliphatic carbocycles. The van der Waals surface area contributed by atoms with Crippen molar-refractivity contribution in [3.63, 3.8) is 0 Å². The minimum atomic E-state index is 0.317. The molecule has 0 bridgehead atoms. The third-order valence-corrected chi connectivity index (χ3v) is 4.23. The van der Waals surface area contributed by atoms with Crippen LogP contribution in [0, 0.1) is 0 Å². The first kappa shape index (κ1) is 13.3. The smallest absolute Gasteiger partial charge is 0.208 e. The van der Waals surface area contributed by atoms with Crippen LogP contribution in [0.1, 0.15) is 23.4 Å². The molecule has 0 saturated heterocycles. The van der Waals surface area contributed by atoms with Gasteiger partial charge in [0.1, 0.15) is 0 Å². The van der Waals surface area contributed by atoms with Crippen LogP contribution >= 0.6 is 11.3 Å². The molecule has 0 spiro atoms. The number of guanidine groups is 1. The SMILES string of the molecule is COCCN=C(NN)N1CCc2sccc2C1C. The van der Waals surface area contributed by atoms with Crippen LogP contribution in [0.15, 0.2) is 16.4 Å². The molecule has 18 heavy (non-hydrogen) atoms. The van der Waals surface area contributed by atoms with Crippen LogP contribution in [0.2, 0.25) is 0 Å². The van der Waals surface area contributed by atoms with E-state index in [4.69, 9.17) is 10.6 Å². The lowest BCUT2D eigenvalue weighted by molar-refractivity contribution is 0.207. The van der Waals surface area contributed by atoms with Gasteiger partial charge in [-0.2, -0.15) is 0 Å². The van der Waals surface area contributed by atoms with Gasteiger partial charge in [0.05, 0.1) is 19.2 Å². The molecule has 6 heteroatoms. The fraction of sp³-hybridized carbons (Fsp3) is 0.583. The predicted octanol–water partition coefficient (Wildman–Crippen LogP) is 1.13. The first-order chi connectivity index (χ1) is 8.77. The number of ether oxygens (including phenoxy) is 1. The Labute approximate surface area is 112 Å². The van der Waals surface area contributed by atoms with Gasteiger partial charge in [-0.25, -0.2) is 10.8 Å². The summed E-state index contributed by atoms with van der Waals surface area (Å²) in [6.07, 6.45) is 1.06. The zero-order chi connectivity index (χ0) is 13.0. The van der Waals surface area contributed by atoms with Gasteiger partial charge in [0, 0.05) is 18.5 Å². The number of rotatable bonds is 3. The summed E-state index contributed by atoms with van der Waals surface area (Å²) in [4.78, 5) is 8.14. The second kappa shape index (κ2) is 6.17. The van der Waals surface area contributed by atoms with Crippen LogP contribution in [-0.4, -0.2) is 37.7 Å². The van der Waals surface area contributed by atoms with E-state index < -0.39 is 0 Å². The fourth-order valence-corrected chi connectivity index (χ4v) is 3.22. The van der Waals surface area contributed by atoms with E-state index in [9.17, 15) is 0 Å². The lowest BCUT2D eigenvalue weighted by atomic mass is 10.0. The van der Waals surface area contributed by atoms with Gasteiger partial charge in [-0.15, -0.1) is 11.3 Å². The van der Waals surface area contributed by atoms with Gasteiger partial charge in [0.25, 0.3) is 0 Å². The Kier molecular flexibility index (Phi) is 4.57. The van der Waals surface area contributed by atoms with E-state index in [-0.39, 0.29) is 0 Å². The molecule has 1 aromatic rings. The van der Waals surface area contributed by atoms with Crippen LogP contribution in [0.4, 0.5) is 0 Å². The van der Waals surface area contributed by atoms with Gasteiger partial charge in [0.2, 0.25) is 5.96 Å². The molecular weight excluding hydrogens is 248 g/mol. The molecule has 1 unspecified atom stereocenters. The number of aliphatic imine (C=N–C) groups is 1. The number of thiophene rings is 1. The maximum Gasteiger partial charge on any atom is 0.208 e. The standard InChI is InChI=1S/C12H20N4OS/c1-9-10-4-8-18-11(10)3-6-16(9)12(15-13)14-5-7-17-2/h4,8-9H,3,5-7,13H2,1-2H3,(H,14,15). The van der Waals surface area contributed by atoms with Gasteiger partial charge in [0.15, 0.2) is 0 Å². The summed E-state index contributed by atoms with van der Waals surface area (Å²) >= 11 is 1.83. The Morgan fingerprint density at radius 3 is 3.28 bits per heavy atom. The predicted molar refractivity (Wildman–Crippen MR) is 74.6 cm³/mol. The molecule has 0 saturated carbocycles. The van der Waals surface area contributed by atoms with E-state index in [1.807, 2.05) is 11.3 Å². The molecule has 0 aromatic carbocycles. The van der Waals surface area contributed by atoms with Crippen molar-refractivity contribution in [3.05, 3.63) is 21.9 Å². The summed E-state index contributed by atoms with van der Waals surface area (Å²) in [5.41, 5.74) is 4.10. The highest BCUT2D eigenvalue weighted by Gasteiger charge is 2.26. The minimum absolute atomic E-state index is 0.317. The van der Waals surface area contributed by atoms with Crippen molar-refractivity contribution in [2.45, 2.75) is 19.4 Å². The molecule has 1 atom stereocenters. The zero-order valence-corrected chi connectivity index (χ0v) is 11.7. The summed E-state index contributed by atoms with van der Waals surface area (Å²) in [5, 5.41) is 2.16. The number of nitrogens with two attached hydrogens (primary N) is 1. The molecular formula is C12H20N4OS. The van der Waals surface area contributed by atoms with Crippen LogP contribution < -0.4 is 11.3 Å². The fourth-order valence-electron chi connectivity index (χ4n) is 2.26. The highest BCUT2D eigenvalue weighted by atomic mass is 32.1. The molecule has 1 aromatic heterocycles. The van der Waals surface area contributed by atoms with E-state index >= 15 is 0 Å². The number of fused-ring (bicyclic) bond motifs is 1. The third-order valence-electron chi connectivity index (χ3n) is 3.24. The lowest BCUT2D eigenvalue weighted by Crippen LogP contribution is -2.48. The van der Waals surface area contributed by atoms with E-state index in [2.05, 4.69) is 33.7 Å². The number of hydrogen-bond acceptors (Lipinski definition) is 4. The van der Waals surface area contributed by atoms with Crippen molar-refractivity contribution in [2.24, 2.45) is 10.8 Å². The highest BCUT2D eigenvalue weighted by Crippen LogP contribution is 2.32. The van der Waals surface area contributed by atoms with E-state index in [1.165, 1.54) is 10.4 Å². The summed E-state index contributed by atoms with van der Waals surface area (Å²) in [6.45, 7) is 4.37. The lowest BCUT2D eigenvalue weighted by Gasteiger charge is -2.35. The Morgan fingerprint density at radius 2 is 2.56 bits per heavy atom. The van der Waals surface area contributed by atoms with Crippen molar-refractivity contribution in [2.75, 3.05) is 26.8 Å². The third kappa shape index (κ3) is 2.66. The van der Waals surface area contributed by atoms with Crippen molar-refractivity contribution in [1.29, 1.82) is 0 Å². The van der Waals surface area contributed by atoms with Crippen LogP contribution in [-0.2, 0) is 11.2 Å². The maximum atomic E-state index is 5.58. The summed E-state index contributed by atoms with van der Waals surface area (Å²) in [7, 11) is 1.67. The Morgan fingerprint density at radius 1 is 1.72 bits per heavy atom. The number of hydrazine groups is 1.